The summed E-state index contributed by atoms with van der Waals surface area (Å²) in [6, 6.07) is 0. The monoisotopic (exact) mass is 268 g/mol. The second-order valence-corrected chi connectivity index (χ2v) is 7.42. The molecule has 3 N–H and O–H groups in total. The molecule has 0 radical (unpaired) electrons. The van der Waals surface area contributed by atoms with Crippen LogP contribution >= 0.6 is 0 Å². The highest BCUT2D eigenvalue weighted by molar-refractivity contribution is 5.67. The zero-order valence-electron chi connectivity index (χ0n) is 12.5. The van der Waals surface area contributed by atoms with Crippen LogP contribution in [0, 0.1) is 17.3 Å². The van der Waals surface area contributed by atoms with Gasteiger partial charge in [-0.25, -0.2) is 4.79 Å². The maximum atomic E-state index is 11.7. The minimum absolute atomic E-state index is 0.104. The zero-order valence-corrected chi connectivity index (χ0v) is 12.5. The Hall–Kier alpha value is -0.770. The Bertz CT molecular complexity index is 324. The molecule has 0 saturated heterocycles. The fourth-order valence-corrected chi connectivity index (χ4v) is 3.80. The van der Waals surface area contributed by atoms with Crippen LogP contribution in [0.1, 0.15) is 52.9 Å². The molecule has 4 nitrogen and oxygen atoms in total. The Morgan fingerprint density at radius 2 is 1.89 bits per heavy atom. The van der Waals surface area contributed by atoms with E-state index in [0.717, 1.165) is 11.8 Å². The standard InChI is InChI=1S/C15H28N2O2/c1-14(2,3)19-13(18)17-10-15(9-16)7-11-5-4-6-12(11)8-15/h11-12H,4-10,16H2,1-3H3,(H,17,18). The average Bonchev–Trinajstić information content (AvgIpc) is 2.82. The van der Waals surface area contributed by atoms with E-state index >= 15 is 0 Å². The zero-order chi connectivity index (χ0) is 14.1. The van der Waals surface area contributed by atoms with E-state index in [1.54, 1.807) is 0 Å². The quantitative estimate of drug-likeness (QED) is 0.827. The molecule has 2 aliphatic carbocycles. The Morgan fingerprint density at radius 1 is 1.32 bits per heavy atom. The minimum atomic E-state index is -0.438. The van der Waals surface area contributed by atoms with Crippen LogP contribution in [-0.2, 0) is 4.74 Å². The number of alkyl carbamates (subject to hydrolysis) is 1. The number of ether oxygens (including phenoxy) is 1. The number of carbonyl (C=O) groups excluding carboxylic acids is 1. The van der Waals surface area contributed by atoms with Gasteiger partial charge in [0.25, 0.3) is 0 Å². The summed E-state index contributed by atoms with van der Waals surface area (Å²) in [5.41, 5.74) is 5.66. The van der Waals surface area contributed by atoms with E-state index in [1.807, 2.05) is 20.8 Å². The van der Waals surface area contributed by atoms with Crippen LogP contribution < -0.4 is 11.1 Å². The van der Waals surface area contributed by atoms with Crippen LogP contribution in [-0.4, -0.2) is 24.8 Å². The summed E-state index contributed by atoms with van der Waals surface area (Å²) in [5, 5.41) is 2.92. The summed E-state index contributed by atoms with van der Waals surface area (Å²) in [7, 11) is 0. The number of hydrogen-bond acceptors (Lipinski definition) is 3. The lowest BCUT2D eigenvalue weighted by molar-refractivity contribution is 0.0499. The highest BCUT2D eigenvalue weighted by Gasteiger charge is 2.46. The summed E-state index contributed by atoms with van der Waals surface area (Å²) in [6.07, 6.45) is 6.08. The van der Waals surface area contributed by atoms with Gasteiger partial charge in [0, 0.05) is 12.0 Å². The van der Waals surface area contributed by atoms with Gasteiger partial charge in [-0.15, -0.1) is 0 Å². The molecule has 2 unspecified atom stereocenters. The van der Waals surface area contributed by atoms with Gasteiger partial charge >= 0.3 is 6.09 Å². The van der Waals surface area contributed by atoms with Gasteiger partial charge in [0.1, 0.15) is 5.60 Å². The number of amides is 1. The van der Waals surface area contributed by atoms with Crippen LogP contribution in [0.4, 0.5) is 4.79 Å². The second kappa shape index (κ2) is 5.31. The molecule has 0 aromatic heterocycles. The molecule has 0 aromatic rings. The Labute approximate surface area is 116 Å². The third kappa shape index (κ3) is 3.62. The van der Waals surface area contributed by atoms with Crippen molar-refractivity contribution in [2.75, 3.05) is 13.1 Å². The fraction of sp³-hybridized carbons (Fsp3) is 0.933. The first kappa shape index (κ1) is 14.6. The van der Waals surface area contributed by atoms with Gasteiger partial charge in [0.15, 0.2) is 0 Å². The lowest BCUT2D eigenvalue weighted by atomic mass is 9.83. The fourth-order valence-electron chi connectivity index (χ4n) is 3.80. The van der Waals surface area contributed by atoms with Gasteiger partial charge in [-0.1, -0.05) is 19.3 Å². The van der Waals surface area contributed by atoms with E-state index in [-0.39, 0.29) is 11.5 Å². The van der Waals surface area contributed by atoms with Crippen molar-refractivity contribution in [3.8, 4) is 0 Å². The van der Waals surface area contributed by atoms with E-state index in [4.69, 9.17) is 10.5 Å². The Balaban J connectivity index is 1.85. The summed E-state index contributed by atoms with van der Waals surface area (Å²) in [5.74, 6) is 1.67. The molecule has 2 saturated carbocycles. The van der Waals surface area contributed by atoms with Crippen molar-refractivity contribution in [1.29, 1.82) is 0 Å². The van der Waals surface area contributed by atoms with Crippen molar-refractivity contribution >= 4 is 6.09 Å². The summed E-state index contributed by atoms with van der Waals surface area (Å²) in [6.45, 7) is 6.96. The molecule has 0 aromatic carbocycles. The molecule has 2 rings (SSSR count). The first-order valence-corrected chi connectivity index (χ1v) is 7.50. The van der Waals surface area contributed by atoms with E-state index in [0.29, 0.717) is 13.1 Å². The topological polar surface area (TPSA) is 64.3 Å². The molecule has 2 aliphatic rings. The van der Waals surface area contributed by atoms with Crippen LogP contribution in [0.25, 0.3) is 0 Å². The molecule has 0 spiro atoms. The summed E-state index contributed by atoms with van der Waals surface area (Å²) >= 11 is 0. The molecule has 1 amide bonds. The van der Waals surface area contributed by atoms with Gasteiger partial charge in [-0.2, -0.15) is 0 Å². The number of carbonyl (C=O) groups is 1. The first-order valence-electron chi connectivity index (χ1n) is 7.50. The molecule has 19 heavy (non-hydrogen) atoms. The van der Waals surface area contributed by atoms with E-state index in [1.165, 1.54) is 32.1 Å². The highest BCUT2D eigenvalue weighted by Crippen LogP contribution is 2.52. The lowest BCUT2D eigenvalue weighted by Crippen LogP contribution is -2.43. The van der Waals surface area contributed by atoms with Crippen LogP contribution in [0.2, 0.25) is 0 Å². The third-order valence-corrected chi connectivity index (χ3v) is 4.65. The largest absolute Gasteiger partial charge is 0.444 e. The van der Waals surface area contributed by atoms with Crippen LogP contribution in [0.3, 0.4) is 0 Å². The maximum absolute atomic E-state index is 11.7. The van der Waals surface area contributed by atoms with Crippen molar-refractivity contribution in [2.45, 2.75) is 58.5 Å². The van der Waals surface area contributed by atoms with Gasteiger partial charge in [0.2, 0.25) is 0 Å². The molecular weight excluding hydrogens is 240 g/mol. The molecule has 0 heterocycles. The predicted octanol–water partition coefficient (Wildman–Crippen LogP) is 2.67. The lowest BCUT2D eigenvalue weighted by Gasteiger charge is -2.29. The second-order valence-electron chi connectivity index (χ2n) is 7.42. The van der Waals surface area contributed by atoms with Gasteiger partial charge in [-0.05, 0) is 52.0 Å². The SMILES string of the molecule is CC(C)(C)OC(=O)NCC1(CN)CC2CCCC2C1. The van der Waals surface area contributed by atoms with Crippen molar-refractivity contribution in [1.82, 2.24) is 5.32 Å². The number of nitrogens with two attached hydrogens (primary N) is 1. The molecule has 0 aliphatic heterocycles. The number of fused-ring (bicyclic) bond motifs is 1. The smallest absolute Gasteiger partial charge is 0.407 e. The van der Waals surface area contributed by atoms with Crippen molar-refractivity contribution < 1.29 is 9.53 Å². The van der Waals surface area contributed by atoms with Gasteiger partial charge in [0.05, 0.1) is 0 Å². The van der Waals surface area contributed by atoms with Gasteiger partial charge in [-0.3, -0.25) is 0 Å². The van der Waals surface area contributed by atoms with Crippen LogP contribution in [0.5, 0.6) is 0 Å². The molecule has 0 bridgehead atoms. The van der Waals surface area contributed by atoms with Crippen molar-refractivity contribution in [3.63, 3.8) is 0 Å². The minimum Gasteiger partial charge on any atom is -0.444 e. The van der Waals surface area contributed by atoms with E-state index in [2.05, 4.69) is 5.32 Å². The van der Waals surface area contributed by atoms with Crippen molar-refractivity contribution in [3.05, 3.63) is 0 Å². The van der Waals surface area contributed by atoms with E-state index < -0.39 is 5.60 Å². The normalized spacial score (nSPS) is 34.1. The predicted molar refractivity (Wildman–Crippen MR) is 75.8 cm³/mol. The third-order valence-electron chi connectivity index (χ3n) is 4.65. The maximum Gasteiger partial charge on any atom is 0.407 e. The molecular formula is C15H28N2O2. The summed E-state index contributed by atoms with van der Waals surface area (Å²) in [4.78, 5) is 11.7. The molecule has 4 heteroatoms. The summed E-state index contributed by atoms with van der Waals surface area (Å²) < 4.78 is 5.29. The first-order chi connectivity index (χ1) is 8.84. The molecule has 2 atom stereocenters. The van der Waals surface area contributed by atoms with Crippen molar-refractivity contribution in [2.24, 2.45) is 23.0 Å². The molecule has 2 fully saturated rings. The highest BCUT2D eigenvalue weighted by atomic mass is 16.6. The number of nitrogens with one attached hydrogen (secondary N) is 1. The molecule has 110 valence electrons. The average molecular weight is 268 g/mol. The van der Waals surface area contributed by atoms with E-state index in [9.17, 15) is 4.79 Å². The van der Waals surface area contributed by atoms with Crippen LogP contribution in [0.15, 0.2) is 0 Å². The number of hydrogen-bond donors (Lipinski definition) is 2. The Morgan fingerprint density at radius 3 is 2.37 bits per heavy atom. The Kier molecular flexibility index (Phi) is 4.09. The number of rotatable bonds is 3. The van der Waals surface area contributed by atoms with Gasteiger partial charge < -0.3 is 15.8 Å².